The molecule has 0 aliphatic carbocycles. The van der Waals surface area contributed by atoms with Gasteiger partial charge in [-0.05, 0) is 31.2 Å². The standard InChI is InChI=1S/C10H9FNO/c1-7-6-12-10(13-7)8-2-4-9(11)5-3-8/h2-6,12H,1H3. The molecule has 2 rings (SSSR count). The van der Waals surface area contributed by atoms with Gasteiger partial charge in [0.05, 0.1) is 0 Å². The molecule has 0 amide bonds. The highest BCUT2D eigenvalue weighted by molar-refractivity contribution is 5.30. The van der Waals surface area contributed by atoms with Crippen LogP contribution in [0, 0.1) is 12.0 Å². The first-order valence-corrected chi connectivity index (χ1v) is 4.00. The highest BCUT2D eigenvalue weighted by Gasteiger charge is 2.18. The van der Waals surface area contributed by atoms with E-state index in [4.69, 9.17) is 4.74 Å². The van der Waals surface area contributed by atoms with Crippen LogP contribution in [0.4, 0.5) is 4.39 Å². The molecule has 67 valence electrons. The van der Waals surface area contributed by atoms with Crippen molar-refractivity contribution in [1.82, 2.24) is 5.32 Å². The van der Waals surface area contributed by atoms with E-state index in [0.29, 0.717) is 6.23 Å². The Bertz CT molecular complexity index is 331. The van der Waals surface area contributed by atoms with Crippen molar-refractivity contribution in [1.29, 1.82) is 0 Å². The second-order valence-corrected chi connectivity index (χ2v) is 2.84. The number of benzene rings is 1. The normalized spacial score (nSPS) is 16.3. The third-order valence-corrected chi connectivity index (χ3v) is 1.78. The van der Waals surface area contributed by atoms with E-state index in [2.05, 4.69) is 5.32 Å². The van der Waals surface area contributed by atoms with Crippen LogP contribution in [-0.2, 0) is 4.74 Å². The van der Waals surface area contributed by atoms with E-state index in [1.807, 2.05) is 6.92 Å². The predicted molar refractivity (Wildman–Crippen MR) is 46.7 cm³/mol. The van der Waals surface area contributed by atoms with E-state index in [0.717, 1.165) is 11.3 Å². The average Bonchev–Trinajstić information content (AvgIpc) is 2.53. The van der Waals surface area contributed by atoms with Crippen molar-refractivity contribution in [2.75, 3.05) is 0 Å². The van der Waals surface area contributed by atoms with Gasteiger partial charge in [0.2, 0.25) is 0 Å². The largest absolute Gasteiger partial charge is 0.460 e. The maximum atomic E-state index is 12.6. The van der Waals surface area contributed by atoms with Crippen LogP contribution in [0.25, 0.3) is 0 Å². The van der Waals surface area contributed by atoms with Crippen LogP contribution in [0.15, 0.2) is 36.2 Å². The van der Waals surface area contributed by atoms with E-state index >= 15 is 0 Å². The summed E-state index contributed by atoms with van der Waals surface area (Å²) in [5, 5.41) is 2.95. The fourth-order valence-corrected chi connectivity index (χ4v) is 1.13. The van der Waals surface area contributed by atoms with Gasteiger partial charge in [0.1, 0.15) is 11.6 Å². The van der Waals surface area contributed by atoms with Crippen LogP contribution < -0.4 is 5.32 Å². The summed E-state index contributed by atoms with van der Waals surface area (Å²) in [6.07, 6.45) is 2.41. The topological polar surface area (TPSA) is 21.3 Å². The van der Waals surface area contributed by atoms with Crippen LogP contribution >= 0.6 is 0 Å². The smallest absolute Gasteiger partial charge is 0.269 e. The van der Waals surface area contributed by atoms with Gasteiger partial charge in [0.15, 0.2) is 0 Å². The zero-order valence-corrected chi connectivity index (χ0v) is 7.17. The summed E-state index contributed by atoms with van der Waals surface area (Å²) in [5.41, 5.74) is 0.842. The number of nitrogens with one attached hydrogen (secondary N) is 1. The molecule has 13 heavy (non-hydrogen) atoms. The first-order valence-electron chi connectivity index (χ1n) is 4.00. The molecular formula is C10H9FNO. The number of allylic oxidation sites excluding steroid dienone is 1. The fourth-order valence-electron chi connectivity index (χ4n) is 1.13. The molecule has 3 heteroatoms. The van der Waals surface area contributed by atoms with Crippen LogP contribution in [-0.4, -0.2) is 0 Å². The molecule has 1 aromatic carbocycles. The minimum Gasteiger partial charge on any atom is -0.460 e. The predicted octanol–water partition coefficient (Wildman–Crippen LogP) is 2.14. The Morgan fingerprint density at radius 1 is 1.23 bits per heavy atom. The molecule has 0 saturated carbocycles. The fraction of sp³-hybridized carbons (Fsp3) is 0.100. The van der Waals surface area contributed by atoms with Crippen molar-refractivity contribution in [3.63, 3.8) is 0 Å². The number of hydrogen-bond acceptors (Lipinski definition) is 2. The first-order chi connectivity index (χ1) is 6.25. The Morgan fingerprint density at radius 3 is 2.46 bits per heavy atom. The van der Waals surface area contributed by atoms with Crippen molar-refractivity contribution in [3.05, 3.63) is 53.8 Å². The summed E-state index contributed by atoms with van der Waals surface area (Å²) in [6.45, 7) is 1.85. The molecule has 1 heterocycles. The van der Waals surface area contributed by atoms with Gasteiger partial charge in [-0.2, -0.15) is 0 Å². The van der Waals surface area contributed by atoms with Gasteiger partial charge in [-0.25, -0.2) is 4.39 Å². The number of ether oxygens (including phenoxy) is 1. The minimum atomic E-state index is -0.243. The average molecular weight is 178 g/mol. The second-order valence-electron chi connectivity index (χ2n) is 2.84. The maximum absolute atomic E-state index is 12.6. The van der Waals surface area contributed by atoms with Crippen molar-refractivity contribution in [3.8, 4) is 0 Å². The SMILES string of the molecule is CC1=CN[C](c2ccc(F)cc2)O1. The quantitative estimate of drug-likeness (QED) is 0.711. The Hall–Kier alpha value is -1.51. The molecule has 0 saturated heterocycles. The van der Waals surface area contributed by atoms with E-state index in [1.165, 1.54) is 12.1 Å². The van der Waals surface area contributed by atoms with Gasteiger partial charge in [0.25, 0.3) is 6.23 Å². The van der Waals surface area contributed by atoms with Gasteiger partial charge >= 0.3 is 0 Å². The van der Waals surface area contributed by atoms with Gasteiger partial charge in [0, 0.05) is 11.8 Å². The van der Waals surface area contributed by atoms with Crippen LogP contribution in [0.2, 0.25) is 0 Å². The molecule has 1 aliphatic rings. The van der Waals surface area contributed by atoms with Crippen LogP contribution in [0.1, 0.15) is 12.5 Å². The molecule has 0 atom stereocenters. The first kappa shape index (κ1) is 8.10. The van der Waals surface area contributed by atoms with Crippen molar-refractivity contribution in [2.24, 2.45) is 0 Å². The third kappa shape index (κ3) is 1.64. The Balaban J connectivity index is 2.14. The molecule has 1 radical (unpaired) electrons. The van der Waals surface area contributed by atoms with E-state index in [-0.39, 0.29) is 5.82 Å². The summed E-state index contributed by atoms with van der Waals surface area (Å²) >= 11 is 0. The second kappa shape index (κ2) is 3.09. The van der Waals surface area contributed by atoms with Crippen LogP contribution in [0.5, 0.6) is 0 Å². The Kier molecular flexibility index (Phi) is 1.93. The lowest BCUT2D eigenvalue weighted by molar-refractivity contribution is 0.256. The number of hydrogen-bond donors (Lipinski definition) is 1. The lowest BCUT2D eigenvalue weighted by Crippen LogP contribution is -2.12. The monoisotopic (exact) mass is 178 g/mol. The van der Waals surface area contributed by atoms with Gasteiger partial charge in [-0.15, -0.1) is 0 Å². The lowest BCUT2D eigenvalue weighted by atomic mass is 10.2. The summed E-state index contributed by atoms with van der Waals surface area (Å²) < 4.78 is 17.9. The molecule has 0 fully saturated rings. The summed E-state index contributed by atoms with van der Waals surface area (Å²) in [4.78, 5) is 0. The molecular weight excluding hydrogens is 169 g/mol. The molecule has 1 N–H and O–H groups in total. The summed E-state index contributed by atoms with van der Waals surface area (Å²) in [6, 6.07) is 6.15. The van der Waals surface area contributed by atoms with Gasteiger partial charge in [-0.3, -0.25) is 0 Å². The van der Waals surface area contributed by atoms with Crippen LogP contribution in [0.3, 0.4) is 0 Å². The molecule has 1 aliphatic heterocycles. The Labute approximate surface area is 76.0 Å². The maximum Gasteiger partial charge on any atom is 0.269 e. The molecule has 2 nitrogen and oxygen atoms in total. The number of rotatable bonds is 1. The summed E-state index contributed by atoms with van der Waals surface area (Å²) in [7, 11) is 0. The molecule has 1 aromatic rings. The third-order valence-electron chi connectivity index (χ3n) is 1.78. The number of halogens is 1. The Morgan fingerprint density at radius 2 is 1.92 bits per heavy atom. The zero-order chi connectivity index (χ0) is 9.26. The molecule has 0 unspecified atom stereocenters. The van der Waals surface area contributed by atoms with E-state index in [9.17, 15) is 4.39 Å². The van der Waals surface area contributed by atoms with Crippen molar-refractivity contribution >= 4 is 0 Å². The molecule has 0 spiro atoms. The zero-order valence-electron chi connectivity index (χ0n) is 7.17. The van der Waals surface area contributed by atoms with Gasteiger partial charge in [-0.1, -0.05) is 0 Å². The highest BCUT2D eigenvalue weighted by atomic mass is 19.1. The van der Waals surface area contributed by atoms with Gasteiger partial charge < -0.3 is 10.1 Å². The summed E-state index contributed by atoms with van der Waals surface area (Å²) in [5.74, 6) is 0.561. The van der Waals surface area contributed by atoms with E-state index < -0.39 is 0 Å². The molecule has 0 bridgehead atoms. The van der Waals surface area contributed by atoms with Crippen molar-refractivity contribution < 1.29 is 9.13 Å². The minimum absolute atomic E-state index is 0.243. The van der Waals surface area contributed by atoms with E-state index in [1.54, 1.807) is 18.3 Å². The lowest BCUT2D eigenvalue weighted by Gasteiger charge is -2.09. The molecule has 0 aromatic heterocycles. The van der Waals surface area contributed by atoms with Crippen molar-refractivity contribution in [2.45, 2.75) is 6.92 Å². The highest BCUT2D eigenvalue weighted by Crippen LogP contribution is 2.21.